The zero-order valence-electron chi connectivity index (χ0n) is 15.6. The maximum atomic E-state index is 5.28. The predicted octanol–water partition coefficient (Wildman–Crippen LogP) is 6.00. The van der Waals surface area contributed by atoms with Gasteiger partial charge >= 0.3 is 0 Å². The second kappa shape index (κ2) is 6.75. The molecule has 0 heterocycles. The third kappa shape index (κ3) is 5.79. The summed E-state index contributed by atoms with van der Waals surface area (Å²) in [6, 6.07) is 8.66. The van der Waals surface area contributed by atoms with Crippen LogP contribution in [0.25, 0.3) is 0 Å². The normalized spacial score (nSPS) is 14.2. The van der Waals surface area contributed by atoms with Crippen molar-refractivity contribution in [2.75, 3.05) is 0 Å². The van der Waals surface area contributed by atoms with Gasteiger partial charge in [0.1, 0.15) is 22.3 Å². The van der Waals surface area contributed by atoms with Gasteiger partial charge in [-0.25, -0.2) is 0 Å². The lowest BCUT2D eigenvalue weighted by atomic mass is 10.2. The molecular weight excluding hydrogens is 384 g/mol. The van der Waals surface area contributed by atoms with E-state index in [2.05, 4.69) is 103 Å². The van der Waals surface area contributed by atoms with Gasteiger partial charge in [-0.15, -0.1) is 0 Å². The van der Waals surface area contributed by atoms with Crippen molar-refractivity contribution in [3.8, 4) is 0 Å². The molecule has 6 heteroatoms. The molecule has 0 unspecified atom stereocenters. The Morgan fingerprint density at radius 2 is 1.23 bits per heavy atom. The van der Waals surface area contributed by atoms with Crippen molar-refractivity contribution in [1.82, 2.24) is 4.23 Å². The number of amidine groups is 1. The number of hydrogen-bond donors (Lipinski definition) is 0. The average molecular weight is 416 g/mol. The van der Waals surface area contributed by atoms with Crippen molar-refractivity contribution >= 4 is 46.5 Å². The minimum Gasteiger partial charge on any atom is -0.410 e. The Bertz CT molecular complexity index is 520. The first-order valence-electron chi connectivity index (χ1n) is 7.88. The smallest absolute Gasteiger partial charge is 0.174 e. The van der Waals surface area contributed by atoms with Crippen LogP contribution >= 0.6 is 15.9 Å². The lowest BCUT2D eigenvalue weighted by molar-refractivity contribution is 0.900. The van der Waals surface area contributed by atoms with Crippen molar-refractivity contribution < 1.29 is 0 Å². The van der Waals surface area contributed by atoms with Gasteiger partial charge in [-0.05, 0) is 31.8 Å². The first-order valence-corrected chi connectivity index (χ1v) is 19.0. The molecular formula is C16H31BrN2Si3. The van der Waals surface area contributed by atoms with Crippen LogP contribution in [0.1, 0.15) is 5.56 Å². The highest BCUT2D eigenvalue weighted by Crippen LogP contribution is 2.25. The van der Waals surface area contributed by atoms with Crippen LogP contribution in [0.3, 0.4) is 0 Å². The molecule has 1 rings (SSSR count). The molecule has 0 N–H and O–H groups in total. The zero-order chi connectivity index (χ0) is 17.3. The summed E-state index contributed by atoms with van der Waals surface area (Å²) < 4.78 is 9.14. The number of hydrogen-bond acceptors (Lipinski definition) is 1. The van der Waals surface area contributed by atoms with E-state index < -0.39 is 24.7 Å². The molecule has 0 aliphatic carbocycles. The summed E-state index contributed by atoms with van der Waals surface area (Å²) in [7, 11) is -4.57. The van der Waals surface area contributed by atoms with Crippen LogP contribution in [0, 0.1) is 0 Å². The number of benzene rings is 1. The summed E-state index contributed by atoms with van der Waals surface area (Å²) in [6.07, 6.45) is 0. The van der Waals surface area contributed by atoms with Gasteiger partial charge in [0.15, 0.2) is 8.24 Å². The van der Waals surface area contributed by atoms with E-state index in [0.717, 1.165) is 4.47 Å². The summed E-state index contributed by atoms with van der Waals surface area (Å²) in [5, 5.41) is 0. The van der Waals surface area contributed by atoms with Gasteiger partial charge < -0.3 is 8.89 Å². The number of halogens is 1. The quantitative estimate of drug-likeness (QED) is 0.334. The van der Waals surface area contributed by atoms with Crippen molar-refractivity contribution in [3.63, 3.8) is 0 Å². The van der Waals surface area contributed by atoms with Gasteiger partial charge in [-0.3, -0.25) is 0 Å². The standard InChI is InChI=1S/C16H31BrN2Si3/c1-20(2,3)18-16(14-10-12-15(17)13-11-14)19(21(4,5)6)22(7,8)9/h10-13H,1-9H3/b18-16+. The highest BCUT2D eigenvalue weighted by Gasteiger charge is 2.37. The highest BCUT2D eigenvalue weighted by atomic mass is 79.9. The Labute approximate surface area is 148 Å². The fourth-order valence-electron chi connectivity index (χ4n) is 2.80. The second-order valence-electron chi connectivity index (χ2n) is 8.79. The number of rotatable bonds is 4. The Balaban J connectivity index is 3.56. The first-order chi connectivity index (χ1) is 9.72. The Morgan fingerprint density at radius 3 is 1.55 bits per heavy atom. The molecule has 0 bridgehead atoms. The topological polar surface area (TPSA) is 15.6 Å². The van der Waals surface area contributed by atoms with Gasteiger partial charge in [-0.2, -0.15) is 0 Å². The van der Waals surface area contributed by atoms with Crippen molar-refractivity contribution in [3.05, 3.63) is 34.3 Å². The van der Waals surface area contributed by atoms with Crippen LogP contribution in [0.5, 0.6) is 0 Å². The summed E-state index contributed by atoms with van der Waals surface area (Å²) >= 11 is 3.54. The van der Waals surface area contributed by atoms with Crippen LogP contribution in [-0.4, -0.2) is 34.8 Å². The third-order valence-corrected chi connectivity index (χ3v) is 11.6. The van der Waals surface area contributed by atoms with Crippen LogP contribution in [0.15, 0.2) is 33.4 Å². The van der Waals surface area contributed by atoms with E-state index in [1.165, 1.54) is 11.4 Å². The molecule has 22 heavy (non-hydrogen) atoms. The lowest BCUT2D eigenvalue weighted by Crippen LogP contribution is -2.62. The van der Waals surface area contributed by atoms with E-state index in [0.29, 0.717) is 0 Å². The lowest BCUT2D eigenvalue weighted by Gasteiger charge is -2.47. The fourth-order valence-corrected chi connectivity index (χ4v) is 13.8. The molecule has 0 atom stereocenters. The third-order valence-electron chi connectivity index (χ3n) is 3.10. The van der Waals surface area contributed by atoms with Crippen molar-refractivity contribution in [1.29, 1.82) is 0 Å². The minimum atomic E-state index is -1.56. The van der Waals surface area contributed by atoms with Crippen LogP contribution in [0.4, 0.5) is 0 Å². The molecule has 0 saturated carbocycles. The average Bonchev–Trinajstić information content (AvgIpc) is 2.23. The van der Waals surface area contributed by atoms with Crippen LogP contribution in [-0.2, 0) is 0 Å². The molecule has 0 fully saturated rings. The van der Waals surface area contributed by atoms with Gasteiger partial charge in [0.05, 0.1) is 0 Å². The maximum Gasteiger partial charge on any atom is 0.174 e. The largest absolute Gasteiger partial charge is 0.410 e. The predicted molar refractivity (Wildman–Crippen MR) is 113 cm³/mol. The first kappa shape index (κ1) is 19.9. The van der Waals surface area contributed by atoms with E-state index in [1.807, 2.05) is 0 Å². The van der Waals surface area contributed by atoms with E-state index >= 15 is 0 Å². The Hall–Kier alpha value is -0.179. The molecule has 124 valence electrons. The van der Waals surface area contributed by atoms with Crippen LogP contribution in [0.2, 0.25) is 58.9 Å². The van der Waals surface area contributed by atoms with Gasteiger partial charge in [0.2, 0.25) is 0 Å². The van der Waals surface area contributed by atoms with E-state index in [4.69, 9.17) is 4.66 Å². The molecule has 0 aromatic heterocycles. The van der Waals surface area contributed by atoms with E-state index in [1.54, 1.807) is 0 Å². The summed E-state index contributed by atoms with van der Waals surface area (Å²) in [6.45, 7) is 21.6. The summed E-state index contributed by atoms with van der Waals surface area (Å²) in [5.41, 5.74) is 1.26. The Kier molecular flexibility index (Phi) is 6.09. The number of nitrogens with zero attached hydrogens (tertiary/aromatic N) is 2. The van der Waals surface area contributed by atoms with Crippen molar-refractivity contribution in [2.24, 2.45) is 4.66 Å². The minimum absolute atomic E-state index is 1.12. The van der Waals surface area contributed by atoms with E-state index in [9.17, 15) is 0 Å². The molecule has 0 amide bonds. The maximum absolute atomic E-state index is 5.28. The molecule has 1 aromatic carbocycles. The molecule has 1 aromatic rings. The SMILES string of the molecule is C[Si](C)(C)/N=C(\c1ccc(Br)cc1)N([Si](C)(C)C)[Si](C)(C)C. The summed E-state index contributed by atoms with van der Waals surface area (Å²) in [5.74, 6) is 1.24. The van der Waals surface area contributed by atoms with Gasteiger partial charge in [0.25, 0.3) is 0 Å². The molecule has 0 aliphatic heterocycles. The van der Waals surface area contributed by atoms with Gasteiger partial charge in [0, 0.05) is 10.0 Å². The molecule has 0 spiro atoms. The molecule has 2 nitrogen and oxygen atoms in total. The van der Waals surface area contributed by atoms with Crippen molar-refractivity contribution in [2.45, 2.75) is 58.9 Å². The fraction of sp³-hybridized carbons (Fsp3) is 0.562. The monoisotopic (exact) mass is 414 g/mol. The second-order valence-corrected chi connectivity index (χ2v) is 24.3. The zero-order valence-corrected chi connectivity index (χ0v) is 20.2. The van der Waals surface area contributed by atoms with Crippen LogP contribution < -0.4 is 0 Å². The summed E-state index contributed by atoms with van der Waals surface area (Å²) in [4.78, 5) is 0. The highest BCUT2D eigenvalue weighted by molar-refractivity contribution is 9.10. The van der Waals surface area contributed by atoms with E-state index in [-0.39, 0.29) is 0 Å². The van der Waals surface area contributed by atoms with Gasteiger partial charge in [-0.1, -0.05) is 67.3 Å². The molecule has 0 aliphatic rings. The molecule has 0 saturated heterocycles. The molecule has 0 radical (unpaired) electrons. The Morgan fingerprint density at radius 1 is 0.818 bits per heavy atom.